The number of fused-ring (bicyclic) bond motifs is 1. The van der Waals surface area contributed by atoms with Crippen LogP contribution < -0.4 is 0 Å². The SMILES string of the molecule is Cc1nc2sc(C(c3cccc(F)c3)N3CCCC3)c(O)n2n1. The fraction of sp³-hybridized carbons (Fsp3) is 0.375. The van der Waals surface area contributed by atoms with Crippen molar-refractivity contribution in [3.8, 4) is 5.88 Å². The van der Waals surface area contributed by atoms with E-state index < -0.39 is 0 Å². The number of aromatic nitrogens is 3. The first-order valence-electron chi connectivity index (χ1n) is 7.68. The molecule has 0 radical (unpaired) electrons. The molecule has 1 fully saturated rings. The van der Waals surface area contributed by atoms with Gasteiger partial charge < -0.3 is 5.11 Å². The molecule has 3 aromatic rings. The first kappa shape index (κ1) is 14.6. The van der Waals surface area contributed by atoms with Crippen molar-refractivity contribution in [2.24, 2.45) is 0 Å². The van der Waals surface area contributed by atoms with E-state index in [0.717, 1.165) is 36.4 Å². The largest absolute Gasteiger partial charge is 0.492 e. The van der Waals surface area contributed by atoms with E-state index in [1.807, 2.05) is 6.07 Å². The molecule has 1 unspecified atom stereocenters. The molecule has 0 aliphatic carbocycles. The molecular weight excluding hydrogens is 315 g/mol. The van der Waals surface area contributed by atoms with Gasteiger partial charge in [-0.2, -0.15) is 4.52 Å². The lowest BCUT2D eigenvalue weighted by atomic mass is 10.0. The molecule has 3 heterocycles. The van der Waals surface area contributed by atoms with Crippen molar-refractivity contribution in [3.63, 3.8) is 0 Å². The first-order chi connectivity index (χ1) is 11.1. The van der Waals surface area contributed by atoms with Gasteiger partial charge in [0.25, 0.3) is 0 Å². The third-order valence-electron chi connectivity index (χ3n) is 4.22. The van der Waals surface area contributed by atoms with Crippen LogP contribution in [0.2, 0.25) is 0 Å². The fourth-order valence-corrected chi connectivity index (χ4v) is 4.39. The van der Waals surface area contributed by atoms with Crippen LogP contribution in [0, 0.1) is 12.7 Å². The van der Waals surface area contributed by atoms with E-state index in [0.29, 0.717) is 10.8 Å². The minimum absolute atomic E-state index is 0.103. The average molecular weight is 332 g/mol. The lowest BCUT2D eigenvalue weighted by Crippen LogP contribution is -2.26. The molecule has 0 spiro atoms. The first-order valence-corrected chi connectivity index (χ1v) is 8.49. The zero-order valence-corrected chi connectivity index (χ0v) is 13.6. The third-order valence-corrected chi connectivity index (χ3v) is 5.30. The highest BCUT2D eigenvalue weighted by Crippen LogP contribution is 2.41. The Kier molecular flexibility index (Phi) is 3.54. The van der Waals surface area contributed by atoms with Crippen LogP contribution in [0.3, 0.4) is 0 Å². The smallest absolute Gasteiger partial charge is 0.230 e. The van der Waals surface area contributed by atoms with Crippen LogP contribution in [0.4, 0.5) is 4.39 Å². The minimum atomic E-state index is -0.263. The number of hydrogen-bond donors (Lipinski definition) is 1. The van der Waals surface area contributed by atoms with E-state index in [1.165, 1.54) is 21.9 Å². The molecule has 120 valence electrons. The Morgan fingerprint density at radius 1 is 1.30 bits per heavy atom. The third kappa shape index (κ3) is 2.49. The van der Waals surface area contributed by atoms with Gasteiger partial charge in [0, 0.05) is 0 Å². The molecule has 1 atom stereocenters. The summed E-state index contributed by atoms with van der Waals surface area (Å²) in [5, 5.41) is 14.8. The molecule has 1 aromatic carbocycles. The van der Waals surface area contributed by atoms with Crippen LogP contribution >= 0.6 is 11.3 Å². The van der Waals surface area contributed by atoms with E-state index >= 15 is 0 Å². The van der Waals surface area contributed by atoms with Gasteiger partial charge >= 0.3 is 0 Å². The highest BCUT2D eigenvalue weighted by Gasteiger charge is 2.31. The summed E-state index contributed by atoms with van der Waals surface area (Å²) in [4.78, 5) is 8.05. The van der Waals surface area contributed by atoms with E-state index in [4.69, 9.17) is 0 Å². The summed E-state index contributed by atoms with van der Waals surface area (Å²) in [7, 11) is 0. The maximum absolute atomic E-state index is 13.7. The lowest BCUT2D eigenvalue weighted by molar-refractivity contribution is 0.276. The Morgan fingerprint density at radius 2 is 2.09 bits per heavy atom. The van der Waals surface area contributed by atoms with Gasteiger partial charge in [0.2, 0.25) is 10.8 Å². The molecule has 1 N–H and O–H groups in total. The van der Waals surface area contributed by atoms with Gasteiger partial charge in [-0.05, 0) is 50.6 Å². The number of aromatic hydroxyl groups is 1. The Labute approximate surface area is 137 Å². The molecule has 0 bridgehead atoms. The Balaban J connectivity index is 1.86. The molecule has 5 nitrogen and oxygen atoms in total. The minimum Gasteiger partial charge on any atom is -0.492 e. The monoisotopic (exact) mass is 332 g/mol. The number of hydrogen-bond acceptors (Lipinski definition) is 5. The van der Waals surface area contributed by atoms with E-state index in [9.17, 15) is 9.50 Å². The van der Waals surface area contributed by atoms with Crippen molar-refractivity contribution in [2.45, 2.75) is 25.8 Å². The van der Waals surface area contributed by atoms with Gasteiger partial charge in [-0.25, -0.2) is 9.37 Å². The maximum atomic E-state index is 13.7. The lowest BCUT2D eigenvalue weighted by Gasteiger charge is -2.27. The van der Waals surface area contributed by atoms with Crippen LogP contribution in [-0.4, -0.2) is 37.7 Å². The second-order valence-corrected chi connectivity index (χ2v) is 6.85. The van der Waals surface area contributed by atoms with Crippen LogP contribution in [0.1, 0.15) is 35.1 Å². The van der Waals surface area contributed by atoms with Crippen molar-refractivity contribution >= 4 is 16.3 Å². The summed E-state index contributed by atoms with van der Waals surface area (Å²) in [6.45, 7) is 3.67. The van der Waals surface area contributed by atoms with Crippen LogP contribution in [0.15, 0.2) is 24.3 Å². The molecule has 1 aliphatic heterocycles. The normalized spacial score (nSPS) is 17.1. The zero-order chi connectivity index (χ0) is 16.0. The van der Waals surface area contributed by atoms with E-state index in [2.05, 4.69) is 15.0 Å². The van der Waals surface area contributed by atoms with Crippen molar-refractivity contribution in [2.75, 3.05) is 13.1 Å². The summed E-state index contributed by atoms with van der Waals surface area (Å²) in [5.74, 6) is 0.467. The van der Waals surface area contributed by atoms with Gasteiger partial charge in [-0.3, -0.25) is 4.90 Å². The number of aryl methyl sites for hydroxylation is 1. The second kappa shape index (κ2) is 5.58. The van der Waals surface area contributed by atoms with Crippen molar-refractivity contribution in [1.29, 1.82) is 0 Å². The number of nitrogens with zero attached hydrogens (tertiary/aromatic N) is 4. The molecule has 4 rings (SSSR count). The topological polar surface area (TPSA) is 53.7 Å². The van der Waals surface area contributed by atoms with Gasteiger partial charge in [-0.1, -0.05) is 23.5 Å². The summed E-state index contributed by atoms with van der Waals surface area (Å²) >= 11 is 1.42. The molecular formula is C16H17FN4OS. The highest BCUT2D eigenvalue weighted by atomic mass is 32.1. The second-order valence-electron chi connectivity index (χ2n) is 5.84. The van der Waals surface area contributed by atoms with Crippen LogP contribution in [0.5, 0.6) is 5.88 Å². The van der Waals surface area contributed by atoms with E-state index in [1.54, 1.807) is 19.1 Å². The van der Waals surface area contributed by atoms with Crippen molar-refractivity contribution in [1.82, 2.24) is 19.5 Å². The Bertz CT molecular complexity index is 853. The highest BCUT2D eigenvalue weighted by molar-refractivity contribution is 7.17. The summed E-state index contributed by atoms with van der Waals surface area (Å²) in [6, 6.07) is 6.45. The summed E-state index contributed by atoms with van der Waals surface area (Å²) in [5.41, 5.74) is 0.850. The van der Waals surface area contributed by atoms with Gasteiger partial charge in [-0.15, -0.1) is 5.10 Å². The fourth-order valence-electron chi connectivity index (χ4n) is 3.23. The number of benzene rings is 1. The van der Waals surface area contributed by atoms with Crippen LogP contribution in [0.25, 0.3) is 4.96 Å². The quantitative estimate of drug-likeness (QED) is 0.801. The average Bonchev–Trinajstić information content (AvgIpc) is 3.21. The number of thiazole rings is 1. The van der Waals surface area contributed by atoms with Gasteiger partial charge in [0.15, 0.2) is 0 Å². The van der Waals surface area contributed by atoms with Gasteiger partial charge in [0.1, 0.15) is 11.6 Å². The summed E-state index contributed by atoms with van der Waals surface area (Å²) < 4.78 is 15.2. The Hall–Kier alpha value is -1.99. The molecule has 1 aliphatic rings. The standard InChI is InChI=1S/C16H17FN4OS/c1-10-18-16-21(19-10)15(22)14(23-16)13(20-7-2-3-8-20)11-5-4-6-12(17)9-11/h4-6,9,13,22H,2-3,7-8H2,1H3. The Morgan fingerprint density at radius 3 is 2.78 bits per heavy atom. The van der Waals surface area contributed by atoms with Crippen molar-refractivity contribution in [3.05, 3.63) is 46.3 Å². The molecule has 0 amide bonds. The van der Waals surface area contributed by atoms with Crippen LogP contribution in [-0.2, 0) is 0 Å². The summed E-state index contributed by atoms with van der Waals surface area (Å²) in [6.07, 6.45) is 2.24. The molecule has 7 heteroatoms. The maximum Gasteiger partial charge on any atom is 0.230 e. The van der Waals surface area contributed by atoms with Gasteiger partial charge in [0.05, 0.1) is 10.9 Å². The van der Waals surface area contributed by atoms with Crippen molar-refractivity contribution < 1.29 is 9.50 Å². The number of rotatable bonds is 3. The zero-order valence-electron chi connectivity index (χ0n) is 12.7. The molecule has 1 saturated heterocycles. The molecule has 0 saturated carbocycles. The predicted octanol–water partition coefficient (Wildman–Crippen LogP) is 3.13. The molecule has 23 heavy (non-hydrogen) atoms. The molecule has 2 aromatic heterocycles. The number of halogens is 1. The predicted molar refractivity (Wildman–Crippen MR) is 86.3 cm³/mol. The van der Waals surface area contributed by atoms with E-state index in [-0.39, 0.29) is 17.7 Å². The number of likely N-dealkylation sites (tertiary alicyclic amines) is 1.